The Morgan fingerprint density at radius 2 is 1.85 bits per heavy atom. The molecule has 2 aromatic rings. The molecule has 0 bridgehead atoms. The normalized spacial score (nSPS) is 18.9. The summed E-state index contributed by atoms with van der Waals surface area (Å²) in [5, 5.41) is 3.19. The monoisotopic (exact) mass is 534 g/mol. The smallest absolute Gasteiger partial charge is 0.247 e. The lowest BCUT2D eigenvalue weighted by molar-refractivity contribution is -0.141. The molecule has 1 heterocycles. The molecule has 33 heavy (non-hydrogen) atoms. The zero-order chi connectivity index (χ0) is 23.2. The molecule has 4 rings (SSSR count). The van der Waals surface area contributed by atoms with Gasteiger partial charge in [0.2, 0.25) is 11.8 Å². The number of hydrogen-bond donors (Lipinski definition) is 1. The third kappa shape index (κ3) is 6.01. The summed E-state index contributed by atoms with van der Waals surface area (Å²) in [7, 11) is 0. The van der Waals surface area contributed by atoms with Gasteiger partial charge in [0, 0.05) is 10.5 Å². The minimum Gasteiger partial charge on any atom is -0.486 e. The molecule has 176 valence electrons. The summed E-state index contributed by atoms with van der Waals surface area (Å²) in [6.07, 6.45) is 4.88. The first-order valence-corrected chi connectivity index (χ1v) is 12.7. The summed E-state index contributed by atoms with van der Waals surface area (Å²) in [6, 6.07) is 14.2. The number of halogens is 2. The van der Waals surface area contributed by atoms with Gasteiger partial charge in [-0.3, -0.25) is 9.59 Å². The van der Waals surface area contributed by atoms with Crippen LogP contribution in [0.2, 0.25) is 0 Å². The van der Waals surface area contributed by atoms with Gasteiger partial charge in [-0.2, -0.15) is 0 Å². The summed E-state index contributed by atoms with van der Waals surface area (Å²) in [5.41, 5.74) is 0.716. The van der Waals surface area contributed by atoms with E-state index in [2.05, 4.69) is 21.2 Å². The second kappa shape index (κ2) is 11.3. The summed E-state index contributed by atoms with van der Waals surface area (Å²) in [6.45, 7) is 0.452. The molecule has 8 heteroatoms. The van der Waals surface area contributed by atoms with Crippen LogP contribution in [0, 0.1) is 0 Å². The van der Waals surface area contributed by atoms with Crippen molar-refractivity contribution in [3.05, 3.63) is 58.6 Å². The van der Waals surface area contributed by atoms with Gasteiger partial charge in [-0.1, -0.05) is 59.5 Å². The number of carbonyl (C=O) groups excluding carboxylic acids is 2. The summed E-state index contributed by atoms with van der Waals surface area (Å²) in [4.78, 5) is 28.1. The second-order valence-electron chi connectivity index (χ2n) is 8.48. The molecule has 2 aliphatic rings. The predicted octanol–water partition coefficient (Wildman–Crippen LogP) is 4.85. The van der Waals surface area contributed by atoms with Crippen LogP contribution >= 0.6 is 27.5 Å². The summed E-state index contributed by atoms with van der Waals surface area (Å²) < 4.78 is 12.8. The van der Waals surface area contributed by atoms with Crippen molar-refractivity contribution in [1.29, 1.82) is 0 Å². The van der Waals surface area contributed by atoms with Crippen LogP contribution in [0.5, 0.6) is 11.5 Å². The quantitative estimate of drug-likeness (QED) is 0.515. The zero-order valence-corrected chi connectivity index (χ0v) is 20.7. The van der Waals surface area contributed by atoms with E-state index in [-0.39, 0.29) is 36.9 Å². The molecule has 0 saturated heterocycles. The van der Waals surface area contributed by atoms with Crippen LogP contribution in [0.3, 0.4) is 0 Å². The molecule has 1 fully saturated rings. The largest absolute Gasteiger partial charge is 0.486 e. The molecule has 1 aliphatic heterocycles. The highest BCUT2D eigenvalue weighted by atomic mass is 79.9. The third-order valence-electron chi connectivity index (χ3n) is 6.08. The average Bonchev–Trinajstić information content (AvgIpc) is 2.83. The molecule has 1 N–H and O–H groups in total. The van der Waals surface area contributed by atoms with E-state index in [1.165, 1.54) is 11.3 Å². The van der Waals surface area contributed by atoms with E-state index in [1.54, 1.807) is 0 Å². The lowest BCUT2D eigenvalue weighted by Gasteiger charge is -2.36. The topological polar surface area (TPSA) is 67.9 Å². The Hall–Kier alpha value is -2.25. The number of ether oxygens (including phenoxy) is 2. The molecule has 2 amide bonds. The summed E-state index contributed by atoms with van der Waals surface area (Å²) in [5.74, 6) is 0.532. The Morgan fingerprint density at radius 1 is 1.09 bits per heavy atom. The van der Waals surface area contributed by atoms with Crippen LogP contribution in [0.25, 0.3) is 0 Å². The molecule has 0 unspecified atom stereocenters. The molecular formula is C25H28BrClN2O4. The first-order chi connectivity index (χ1) is 16.0. The Balaban J connectivity index is 1.60. The number of alkyl halides is 1. The number of para-hydroxylation sites is 2. The lowest BCUT2D eigenvalue weighted by Crippen LogP contribution is -2.51. The van der Waals surface area contributed by atoms with Gasteiger partial charge in [0.15, 0.2) is 17.6 Å². The first kappa shape index (κ1) is 23.9. The van der Waals surface area contributed by atoms with Crippen molar-refractivity contribution in [2.24, 2.45) is 0 Å². The highest BCUT2D eigenvalue weighted by Crippen LogP contribution is 2.32. The molecular weight excluding hydrogens is 508 g/mol. The number of rotatable bonds is 7. The maximum absolute atomic E-state index is 13.6. The molecule has 0 aromatic heterocycles. The average molecular weight is 536 g/mol. The van der Waals surface area contributed by atoms with Gasteiger partial charge in [-0.15, -0.1) is 11.6 Å². The zero-order valence-electron chi connectivity index (χ0n) is 18.3. The number of fused-ring (bicyclic) bond motifs is 1. The van der Waals surface area contributed by atoms with Crippen LogP contribution in [0.4, 0.5) is 0 Å². The molecule has 2 aromatic carbocycles. The van der Waals surface area contributed by atoms with Crippen molar-refractivity contribution in [2.45, 2.75) is 50.3 Å². The minimum atomic E-state index is -0.823. The van der Waals surface area contributed by atoms with E-state index in [0.717, 1.165) is 30.2 Å². The number of carbonyl (C=O) groups is 2. The lowest BCUT2D eigenvalue weighted by atomic mass is 9.94. The number of nitrogens with one attached hydrogen (secondary N) is 1. The molecule has 2 atom stereocenters. The molecule has 1 saturated carbocycles. The summed E-state index contributed by atoms with van der Waals surface area (Å²) >= 11 is 9.49. The molecule has 1 aliphatic carbocycles. The van der Waals surface area contributed by atoms with E-state index in [9.17, 15) is 9.59 Å². The maximum Gasteiger partial charge on any atom is 0.247 e. The second-order valence-corrected chi connectivity index (χ2v) is 9.66. The van der Waals surface area contributed by atoms with Crippen molar-refractivity contribution in [2.75, 3.05) is 19.0 Å². The van der Waals surface area contributed by atoms with Gasteiger partial charge in [-0.25, -0.2) is 0 Å². The fourth-order valence-corrected chi connectivity index (χ4v) is 5.05. The molecule has 6 nitrogen and oxygen atoms in total. The Kier molecular flexibility index (Phi) is 8.15. The fourth-order valence-electron chi connectivity index (χ4n) is 4.48. The van der Waals surface area contributed by atoms with E-state index in [4.69, 9.17) is 21.1 Å². The number of benzene rings is 2. The Labute approximate surface area is 207 Å². The standard InChI is InChI=1S/C25H28BrClN2O4/c26-18-8-6-7-17(13-18)24(25(31)28-19-9-2-1-3-10-19)29(23(30)14-27)15-20-16-32-21-11-4-5-12-22(21)33-20/h4-8,11-13,19-20,24H,1-3,9-10,14-16H2,(H,28,31)/t20-,24+/m0/s1. The van der Waals surface area contributed by atoms with E-state index in [0.29, 0.717) is 17.1 Å². The van der Waals surface area contributed by atoms with Crippen molar-refractivity contribution >= 4 is 39.3 Å². The van der Waals surface area contributed by atoms with Crippen LogP contribution in [-0.2, 0) is 9.59 Å². The van der Waals surface area contributed by atoms with Gasteiger partial charge in [-0.05, 0) is 42.7 Å². The highest BCUT2D eigenvalue weighted by molar-refractivity contribution is 9.10. The van der Waals surface area contributed by atoms with Crippen LogP contribution in [0.1, 0.15) is 43.7 Å². The number of hydrogen-bond acceptors (Lipinski definition) is 4. The predicted molar refractivity (Wildman–Crippen MR) is 131 cm³/mol. The Morgan fingerprint density at radius 3 is 2.58 bits per heavy atom. The van der Waals surface area contributed by atoms with E-state index < -0.39 is 12.1 Å². The van der Waals surface area contributed by atoms with E-state index in [1.807, 2.05) is 48.5 Å². The van der Waals surface area contributed by atoms with Crippen LogP contribution < -0.4 is 14.8 Å². The van der Waals surface area contributed by atoms with Crippen molar-refractivity contribution in [3.8, 4) is 11.5 Å². The van der Waals surface area contributed by atoms with Gasteiger partial charge >= 0.3 is 0 Å². The van der Waals surface area contributed by atoms with Crippen LogP contribution in [-0.4, -0.2) is 47.9 Å². The van der Waals surface area contributed by atoms with Gasteiger partial charge in [0.25, 0.3) is 0 Å². The SMILES string of the molecule is O=C(NC1CCCCC1)[C@@H](c1cccc(Br)c1)N(C[C@H]1COc2ccccc2O1)C(=O)CCl. The third-order valence-corrected chi connectivity index (χ3v) is 6.80. The molecule has 0 spiro atoms. The van der Waals surface area contributed by atoms with Crippen LogP contribution in [0.15, 0.2) is 53.0 Å². The Bertz CT molecular complexity index is 982. The molecule has 0 radical (unpaired) electrons. The van der Waals surface area contributed by atoms with Crippen molar-refractivity contribution < 1.29 is 19.1 Å². The van der Waals surface area contributed by atoms with Crippen molar-refractivity contribution in [1.82, 2.24) is 10.2 Å². The minimum absolute atomic E-state index is 0.120. The van der Waals surface area contributed by atoms with Crippen molar-refractivity contribution in [3.63, 3.8) is 0 Å². The number of nitrogens with zero attached hydrogens (tertiary/aromatic N) is 1. The fraction of sp³-hybridized carbons (Fsp3) is 0.440. The first-order valence-electron chi connectivity index (χ1n) is 11.3. The highest BCUT2D eigenvalue weighted by Gasteiger charge is 2.35. The maximum atomic E-state index is 13.6. The van der Waals surface area contributed by atoms with E-state index >= 15 is 0 Å². The van der Waals surface area contributed by atoms with Gasteiger partial charge in [0.05, 0.1) is 6.54 Å². The number of amides is 2. The van der Waals surface area contributed by atoms with Gasteiger partial charge in [0.1, 0.15) is 18.5 Å². The van der Waals surface area contributed by atoms with Gasteiger partial charge < -0.3 is 19.7 Å².